The highest BCUT2D eigenvalue weighted by molar-refractivity contribution is 6.46. The van der Waals surface area contributed by atoms with Gasteiger partial charge in [0, 0.05) is 6.07 Å². The zero-order valence-electron chi connectivity index (χ0n) is 19.5. The summed E-state index contributed by atoms with van der Waals surface area (Å²) >= 11 is 6.25. The lowest BCUT2D eigenvalue weighted by molar-refractivity contribution is -0.140. The summed E-state index contributed by atoms with van der Waals surface area (Å²) in [5, 5.41) is 13.6. The maximum absolute atomic E-state index is 13.5. The number of amides is 1. The molecule has 2 heterocycles. The number of Topliss-reactive ketones (excluding diaryl/α,β-unsaturated/α-hetero) is 1. The minimum absolute atomic E-state index is 0.0450. The maximum Gasteiger partial charge on any atom is 0.296 e. The smallest absolute Gasteiger partial charge is 0.296 e. The number of nitrogens with zero attached hydrogens (tertiary/aromatic N) is 1. The Morgan fingerprint density at radius 1 is 1.00 bits per heavy atom. The average Bonchev–Trinajstić information content (AvgIpc) is 3.50. The number of methoxy groups -OCH3 is 2. The van der Waals surface area contributed by atoms with Crippen molar-refractivity contribution in [3.63, 3.8) is 0 Å². The Morgan fingerprint density at radius 3 is 2.47 bits per heavy atom. The number of halogens is 1. The summed E-state index contributed by atoms with van der Waals surface area (Å²) in [5.41, 5.74) is 0.811. The molecule has 0 radical (unpaired) electrons. The minimum atomic E-state index is -0.882. The molecule has 1 unspecified atom stereocenters. The number of aliphatic hydroxyl groups excluding tert-OH is 1. The first-order valence-corrected chi connectivity index (χ1v) is 11.5. The summed E-state index contributed by atoms with van der Waals surface area (Å²) in [6.45, 7) is 0.0450. The predicted molar refractivity (Wildman–Crippen MR) is 135 cm³/mol. The lowest BCUT2D eigenvalue weighted by Crippen LogP contribution is -2.29. The van der Waals surface area contributed by atoms with Crippen LogP contribution in [0.4, 0.5) is 0 Å². The molecule has 7 nitrogen and oxygen atoms in total. The van der Waals surface area contributed by atoms with Gasteiger partial charge in [0.05, 0.1) is 49.2 Å². The molecule has 5 rings (SSSR count). The standard InChI is InChI=1S/C28H22ClNO6/c1-34-22-14-21(29)23(35-2)13-20(22)26(31)24-25(19-11-5-8-16-7-3-4-10-18(16)19)30(28(33)27(24)32)15-17-9-6-12-36-17/h3-14,25,31H,15H2,1-2H3/b26-24+. The van der Waals surface area contributed by atoms with Crippen LogP contribution in [0.15, 0.2) is 83.0 Å². The molecule has 0 aliphatic carbocycles. The molecule has 1 atom stereocenters. The van der Waals surface area contributed by atoms with E-state index in [9.17, 15) is 14.7 Å². The molecule has 1 saturated heterocycles. The van der Waals surface area contributed by atoms with Crippen LogP contribution in [-0.2, 0) is 16.1 Å². The van der Waals surface area contributed by atoms with Gasteiger partial charge in [-0.05, 0) is 34.5 Å². The van der Waals surface area contributed by atoms with Crippen LogP contribution in [0.5, 0.6) is 11.5 Å². The number of carbonyl (C=O) groups excluding carboxylic acids is 2. The first-order valence-electron chi connectivity index (χ1n) is 11.1. The molecule has 3 aromatic carbocycles. The Labute approximate surface area is 212 Å². The van der Waals surface area contributed by atoms with Crippen molar-refractivity contribution in [3.05, 3.63) is 100 Å². The van der Waals surface area contributed by atoms with E-state index in [2.05, 4.69) is 0 Å². The van der Waals surface area contributed by atoms with E-state index in [-0.39, 0.29) is 40.0 Å². The van der Waals surface area contributed by atoms with E-state index < -0.39 is 17.7 Å². The van der Waals surface area contributed by atoms with E-state index >= 15 is 0 Å². The summed E-state index contributed by atoms with van der Waals surface area (Å²) in [6.07, 6.45) is 1.50. The van der Waals surface area contributed by atoms with Crippen molar-refractivity contribution in [2.75, 3.05) is 14.2 Å². The van der Waals surface area contributed by atoms with E-state index in [0.29, 0.717) is 11.3 Å². The molecule has 1 fully saturated rings. The van der Waals surface area contributed by atoms with Crippen molar-refractivity contribution in [2.24, 2.45) is 0 Å². The van der Waals surface area contributed by atoms with Gasteiger partial charge in [-0.25, -0.2) is 0 Å². The van der Waals surface area contributed by atoms with Gasteiger partial charge in [-0.1, -0.05) is 54.1 Å². The Hall–Kier alpha value is -4.23. The van der Waals surface area contributed by atoms with E-state index in [1.54, 1.807) is 12.1 Å². The Morgan fingerprint density at radius 2 is 1.75 bits per heavy atom. The molecule has 182 valence electrons. The van der Waals surface area contributed by atoms with Crippen LogP contribution in [-0.4, -0.2) is 35.9 Å². The molecule has 4 aromatic rings. The number of hydrogen-bond acceptors (Lipinski definition) is 6. The zero-order valence-corrected chi connectivity index (χ0v) is 20.3. The molecular formula is C28H22ClNO6. The molecule has 36 heavy (non-hydrogen) atoms. The number of hydrogen-bond donors (Lipinski definition) is 1. The molecule has 8 heteroatoms. The fourth-order valence-corrected chi connectivity index (χ4v) is 4.85. The van der Waals surface area contributed by atoms with Crippen molar-refractivity contribution in [1.82, 2.24) is 4.90 Å². The van der Waals surface area contributed by atoms with E-state index in [4.69, 9.17) is 25.5 Å². The van der Waals surface area contributed by atoms with Crippen LogP contribution in [0.3, 0.4) is 0 Å². The molecule has 1 amide bonds. The van der Waals surface area contributed by atoms with Gasteiger partial charge in [0.2, 0.25) is 0 Å². The lowest BCUT2D eigenvalue weighted by Gasteiger charge is -2.26. The quantitative estimate of drug-likeness (QED) is 0.205. The van der Waals surface area contributed by atoms with E-state index in [0.717, 1.165) is 10.8 Å². The normalized spacial score (nSPS) is 17.1. The Bertz CT molecular complexity index is 1500. The second-order valence-corrected chi connectivity index (χ2v) is 8.67. The summed E-state index contributed by atoms with van der Waals surface area (Å²) < 4.78 is 16.2. The van der Waals surface area contributed by atoms with Gasteiger partial charge in [0.15, 0.2) is 0 Å². The van der Waals surface area contributed by atoms with E-state index in [1.165, 1.54) is 37.5 Å². The van der Waals surface area contributed by atoms with Crippen LogP contribution in [0.1, 0.15) is 22.9 Å². The second kappa shape index (κ2) is 9.43. The third kappa shape index (κ3) is 3.87. The number of ketones is 1. The first kappa shape index (κ1) is 23.5. The third-order valence-corrected chi connectivity index (χ3v) is 6.59. The van der Waals surface area contributed by atoms with Gasteiger partial charge in [-0.2, -0.15) is 0 Å². The highest BCUT2D eigenvalue weighted by atomic mass is 35.5. The number of likely N-dealkylation sites (tertiary alicyclic amines) is 1. The summed E-state index contributed by atoms with van der Waals surface area (Å²) in [5.74, 6) is -0.926. The molecule has 0 spiro atoms. The first-order chi connectivity index (χ1) is 17.4. The fraction of sp³-hybridized carbons (Fsp3) is 0.143. The number of ether oxygens (including phenoxy) is 2. The second-order valence-electron chi connectivity index (χ2n) is 8.26. The van der Waals surface area contributed by atoms with Gasteiger partial charge in [0.1, 0.15) is 23.0 Å². The SMILES string of the molecule is COc1cc(/C(O)=C2\C(=O)C(=O)N(Cc3ccco3)C2c2cccc3ccccc23)c(OC)cc1Cl. The van der Waals surface area contributed by atoms with Crippen molar-refractivity contribution in [2.45, 2.75) is 12.6 Å². The van der Waals surface area contributed by atoms with Crippen molar-refractivity contribution < 1.29 is 28.6 Å². The van der Waals surface area contributed by atoms with Crippen molar-refractivity contribution in [3.8, 4) is 11.5 Å². The van der Waals surface area contributed by atoms with Crippen LogP contribution >= 0.6 is 11.6 Å². The zero-order chi connectivity index (χ0) is 25.4. The van der Waals surface area contributed by atoms with Crippen LogP contribution < -0.4 is 9.47 Å². The largest absolute Gasteiger partial charge is 0.507 e. The summed E-state index contributed by atoms with van der Waals surface area (Å²) in [4.78, 5) is 28.2. The molecule has 0 saturated carbocycles. The predicted octanol–water partition coefficient (Wildman–Crippen LogP) is 5.73. The van der Waals surface area contributed by atoms with Crippen LogP contribution in [0, 0.1) is 0 Å². The monoisotopic (exact) mass is 503 g/mol. The molecule has 1 N–H and O–H groups in total. The minimum Gasteiger partial charge on any atom is -0.507 e. The van der Waals surface area contributed by atoms with Gasteiger partial charge in [-0.15, -0.1) is 0 Å². The number of benzene rings is 3. The van der Waals surface area contributed by atoms with Crippen molar-refractivity contribution in [1.29, 1.82) is 0 Å². The lowest BCUT2D eigenvalue weighted by atomic mass is 9.91. The van der Waals surface area contributed by atoms with Gasteiger partial charge >= 0.3 is 0 Å². The molecular weight excluding hydrogens is 482 g/mol. The Balaban J connectivity index is 1.78. The average molecular weight is 504 g/mol. The maximum atomic E-state index is 13.5. The third-order valence-electron chi connectivity index (χ3n) is 6.29. The number of fused-ring (bicyclic) bond motifs is 1. The van der Waals surface area contributed by atoms with Crippen LogP contribution in [0.25, 0.3) is 16.5 Å². The molecule has 0 bridgehead atoms. The molecule has 1 aliphatic heterocycles. The summed E-state index contributed by atoms with van der Waals surface area (Å²) in [6, 6.07) is 18.9. The molecule has 1 aromatic heterocycles. The van der Waals surface area contributed by atoms with Gasteiger partial charge in [-0.3, -0.25) is 9.59 Å². The highest BCUT2D eigenvalue weighted by Gasteiger charge is 2.47. The molecule has 1 aliphatic rings. The fourth-order valence-electron chi connectivity index (χ4n) is 4.62. The number of carbonyl (C=O) groups is 2. The summed E-state index contributed by atoms with van der Waals surface area (Å²) in [7, 11) is 2.86. The van der Waals surface area contributed by atoms with Crippen molar-refractivity contribution >= 4 is 39.8 Å². The number of aliphatic hydroxyl groups is 1. The van der Waals surface area contributed by atoms with Crippen LogP contribution in [0.2, 0.25) is 5.02 Å². The topological polar surface area (TPSA) is 89.2 Å². The highest BCUT2D eigenvalue weighted by Crippen LogP contribution is 2.45. The Kier molecular flexibility index (Phi) is 6.16. The van der Waals surface area contributed by atoms with Gasteiger partial charge < -0.3 is 23.9 Å². The van der Waals surface area contributed by atoms with Gasteiger partial charge in [0.25, 0.3) is 11.7 Å². The number of furan rings is 1. The number of rotatable bonds is 6. The van der Waals surface area contributed by atoms with E-state index in [1.807, 2.05) is 42.5 Å².